The monoisotopic (exact) mass is 225 g/mol. The summed E-state index contributed by atoms with van der Waals surface area (Å²) >= 11 is 0. The summed E-state index contributed by atoms with van der Waals surface area (Å²) in [6.07, 6.45) is 8.91. The molecule has 2 rings (SSSR count). The molecule has 92 valence electrons. The van der Waals surface area contributed by atoms with Gasteiger partial charge in [-0.2, -0.15) is 0 Å². The van der Waals surface area contributed by atoms with E-state index in [9.17, 15) is 4.79 Å². The Morgan fingerprint density at radius 3 is 2.44 bits per heavy atom. The summed E-state index contributed by atoms with van der Waals surface area (Å²) in [7, 11) is 1.50. The fraction of sp³-hybridized carbons (Fsp3) is 0.923. The summed E-state index contributed by atoms with van der Waals surface area (Å²) in [6, 6.07) is 0.646. The topological polar surface area (TPSA) is 38.3 Å². The highest BCUT2D eigenvalue weighted by Gasteiger charge is 2.33. The molecule has 0 saturated heterocycles. The minimum absolute atomic E-state index is 0.0183. The second kappa shape index (κ2) is 5.67. The Balaban J connectivity index is 1.78. The molecule has 1 unspecified atom stereocenters. The zero-order chi connectivity index (χ0) is 11.4. The molecule has 0 aromatic heterocycles. The van der Waals surface area contributed by atoms with E-state index in [-0.39, 0.29) is 11.9 Å². The SMILES string of the molecule is COC(=O)C(CNC1CCCC1)C1CCC1. The molecule has 0 spiro atoms. The maximum Gasteiger partial charge on any atom is 0.310 e. The lowest BCUT2D eigenvalue weighted by Crippen LogP contribution is -2.40. The molecule has 0 aromatic rings. The third kappa shape index (κ3) is 2.76. The van der Waals surface area contributed by atoms with Gasteiger partial charge in [-0.15, -0.1) is 0 Å². The van der Waals surface area contributed by atoms with Gasteiger partial charge < -0.3 is 10.1 Å². The Morgan fingerprint density at radius 1 is 1.25 bits per heavy atom. The molecule has 0 bridgehead atoms. The summed E-state index contributed by atoms with van der Waals surface area (Å²) in [5.74, 6) is 0.649. The van der Waals surface area contributed by atoms with Gasteiger partial charge in [0.2, 0.25) is 0 Å². The van der Waals surface area contributed by atoms with E-state index in [0.29, 0.717) is 12.0 Å². The Morgan fingerprint density at radius 2 is 1.94 bits per heavy atom. The second-order valence-electron chi connectivity index (χ2n) is 5.21. The molecule has 0 radical (unpaired) electrons. The molecule has 0 amide bonds. The Labute approximate surface area is 97.9 Å². The minimum atomic E-state index is -0.0183. The number of carbonyl (C=O) groups is 1. The van der Waals surface area contributed by atoms with E-state index in [1.807, 2.05) is 0 Å². The van der Waals surface area contributed by atoms with Crippen LogP contribution in [0.25, 0.3) is 0 Å². The highest BCUT2D eigenvalue weighted by molar-refractivity contribution is 5.73. The van der Waals surface area contributed by atoms with Crippen LogP contribution in [-0.4, -0.2) is 25.7 Å². The van der Waals surface area contributed by atoms with E-state index in [4.69, 9.17) is 4.74 Å². The van der Waals surface area contributed by atoms with Gasteiger partial charge in [-0.25, -0.2) is 0 Å². The van der Waals surface area contributed by atoms with Crippen LogP contribution >= 0.6 is 0 Å². The Bertz CT molecular complexity index is 232. The smallest absolute Gasteiger partial charge is 0.310 e. The highest BCUT2D eigenvalue weighted by atomic mass is 16.5. The van der Waals surface area contributed by atoms with Crippen LogP contribution in [0.1, 0.15) is 44.9 Å². The van der Waals surface area contributed by atoms with Crippen LogP contribution in [0.4, 0.5) is 0 Å². The van der Waals surface area contributed by atoms with Crippen molar-refractivity contribution in [1.29, 1.82) is 0 Å². The van der Waals surface area contributed by atoms with E-state index >= 15 is 0 Å². The van der Waals surface area contributed by atoms with E-state index in [0.717, 1.165) is 6.54 Å². The number of hydrogen-bond acceptors (Lipinski definition) is 3. The zero-order valence-corrected chi connectivity index (χ0v) is 10.2. The third-order valence-corrected chi connectivity index (χ3v) is 4.20. The average molecular weight is 225 g/mol. The van der Waals surface area contributed by atoms with E-state index in [2.05, 4.69) is 5.32 Å². The van der Waals surface area contributed by atoms with Crippen molar-refractivity contribution in [3.8, 4) is 0 Å². The lowest BCUT2D eigenvalue weighted by molar-refractivity contribution is -0.148. The van der Waals surface area contributed by atoms with Gasteiger partial charge in [0.1, 0.15) is 0 Å². The molecule has 1 N–H and O–H groups in total. The molecule has 2 aliphatic rings. The minimum Gasteiger partial charge on any atom is -0.469 e. The summed E-state index contributed by atoms with van der Waals surface area (Å²) < 4.78 is 4.91. The Kier molecular flexibility index (Phi) is 4.22. The predicted octanol–water partition coefficient (Wildman–Crippen LogP) is 2.11. The highest BCUT2D eigenvalue weighted by Crippen LogP contribution is 2.34. The first-order valence-corrected chi connectivity index (χ1v) is 6.62. The maximum atomic E-state index is 11.7. The van der Waals surface area contributed by atoms with Gasteiger partial charge in [0.15, 0.2) is 0 Å². The van der Waals surface area contributed by atoms with Gasteiger partial charge in [-0.1, -0.05) is 19.3 Å². The molecule has 3 nitrogen and oxygen atoms in total. The number of nitrogens with one attached hydrogen (secondary N) is 1. The number of rotatable bonds is 5. The van der Waals surface area contributed by atoms with E-state index in [1.54, 1.807) is 0 Å². The van der Waals surface area contributed by atoms with Crippen molar-refractivity contribution in [3.05, 3.63) is 0 Å². The number of esters is 1. The number of carbonyl (C=O) groups excluding carboxylic acids is 1. The Hall–Kier alpha value is -0.570. The lowest BCUT2D eigenvalue weighted by Gasteiger charge is -2.32. The fourth-order valence-corrected chi connectivity index (χ4v) is 2.86. The summed E-state index contributed by atoms with van der Waals surface area (Å²) in [4.78, 5) is 11.7. The largest absolute Gasteiger partial charge is 0.469 e. The van der Waals surface area contributed by atoms with Gasteiger partial charge in [-0.3, -0.25) is 4.79 Å². The maximum absolute atomic E-state index is 11.7. The number of hydrogen-bond donors (Lipinski definition) is 1. The summed E-state index contributed by atoms with van der Waals surface area (Å²) in [6.45, 7) is 0.821. The predicted molar refractivity (Wildman–Crippen MR) is 63.1 cm³/mol. The zero-order valence-electron chi connectivity index (χ0n) is 10.2. The van der Waals surface area contributed by atoms with E-state index < -0.39 is 0 Å². The number of methoxy groups -OCH3 is 1. The van der Waals surface area contributed by atoms with Crippen molar-refractivity contribution in [2.75, 3.05) is 13.7 Å². The molecule has 0 aliphatic heterocycles. The normalized spacial score (nSPS) is 24.1. The van der Waals surface area contributed by atoms with Gasteiger partial charge in [0.05, 0.1) is 13.0 Å². The molecule has 0 heterocycles. The standard InChI is InChI=1S/C13H23NO2/c1-16-13(15)12(10-5-4-6-10)9-14-11-7-2-3-8-11/h10-12,14H,2-9H2,1H3. The molecule has 3 heteroatoms. The molecular formula is C13H23NO2. The number of ether oxygens (including phenoxy) is 1. The van der Waals surface area contributed by atoms with Crippen molar-refractivity contribution in [2.45, 2.75) is 51.0 Å². The van der Waals surface area contributed by atoms with Gasteiger partial charge in [-0.05, 0) is 31.6 Å². The molecule has 2 fully saturated rings. The van der Waals surface area contributed by atoms with Crippen LogP contribution in [-0.2, 0) is 9.53 Å². The first kappa shape index (κ1) is 11.9. The average Bonchev–Trinajstić information content (AvgIpc) is 2.73. The molecule has 2 saturated carbocycles. The van der Waals surface area contributed by atoms with Crippen molar-refractivity contribution < 1.29 is 9.53 Å². The van der Waals surface area contributed by atoms with Gasteiger partial charge >= 0.3 is 5.97 Å². The third-order valence-electron chi connectivity index (χ3n) is 4.20. The van der Waals surface area contributed by atoms with Crippen LogP contribution in [0, 0.1) is 11.8 Å². The van der Waals surface area contributed by atoms with Crippen LogP contribution in [0.5, 0.6) is 0 Å². The van der Waals surface area contributed by atoms with Gasteiger partial charge in [0.25, 0.3) is 0 Å². The van der Waals surface area contributed by atoms with Crippen LogP contribution in [0.2, 0.25) is 0 Å². The second-order valence-corrected chi connectivity index (χ2v) is 5.21. The first-order valence-electron chi connectivity index (χ1n) is 6.62. The van der Waals surface area contributed by atoms with Crippen LogP contribution in [0.15, 0.2) is 0 Å². The summed E-state index contributed by atoms with van der Waals surface area (Å²) in [5.41, 5.74) is 0. The molecule has 1 atom stereocenters. The lowest BCUT2D eigenvalue weighted by atomic mass is 9.75. The fourth-order valence-electron chi connectivity index (χ4n) is 2.86. The molecule has 16 heavy (non-hydrogen) atoms. The van der Waals surface area contributed by atoms with E-state index in [1.165, 1.54) is 52.1 Å². The molecule has 0 aromatic carbocycles. The molecule has 2 aliphatic carbocycles. The quantitative estimate of drug-likeness (QED) is 0.728. The summed E-state index contributed by atoms with van der Waals surface area (Å²) in [5, 5.41) is 3.55. The van der Waals surface area contributed by atoms with Crippen molar-refractivity contribution >= 4 is 5.97 Å². The van der Waals surface area contributed by atoms with Crippen molar-refractivity contribution in [3.63, 3.8) is 0 Å². The van der Waals surface area contributed by atoms with Crippen molar-refractivity contribution in [2.24, 2.45) is 11.8 Å². The van der Waals surface area contributed by atoms with Crippen LogP contribution in [0.3, 0.4) is 0 Å². The van der Waals surface area contributed by atoms with Crippen LogP contribution < -0.4 is 5.32 Å². The van der Waals surface area contributed by atoms with Gasteiger partial charge in [0, 0.05) is 12.6 Å². The molecular weight excluding hydrogens is 202 g/mol. The van der Waals surface area contributed by atoms with Crippen molar-refractivity contribution in [1.82, 2.24) is 5.32 Å². The first-order chi connectivity index (χ1) is 7.81.